The summed E-state index contributed by atoms with van der Waals surface area (Å²) in [5, 5.41) is 0. The van der Waals surface area contributed by atoms with Gasteiger partial charge in [-0.05, 0) is 13.8 Å². The minimum atomic E-state index is 0.0700. The van der Waals surface area contributed by atoms with Crippen molar-refractivity contribution < 1.29 is 4.74 Å². The van der Waals surface area contributed by atoms with Crippen molar-refractivity contribution in [2.75, 3.05) is 5.43 Å². The third-order valence-electron chi connectivity index (χ3n) is 2.38. The van der Waals surface area contributed by atoms with E-state index >= 15 is 0 Å². The van der Waals surface area contributed by atoms with Crippen LogP contribution in [0.1, 0.15) is 31.2 Å². The molecule has 0 amide bonds. The number of hydrogen-bond donors (Lipinski definition) is 2. The fraction of sp³-hybridized carbons (Fsp3) is 0.556. The predicted molar refractivity (Wildman–Crippen MR) is 52.5 cm³/mol. The van der Waals surface area contributed by atoms with Crippen LogP contribution in [0.2, 0.25) is 0 Å². The molecule has 0 spiro atoms. The second-order valence-corrected chi connectivity index (χ2v) is 3.53. The molecule has 76 valence electrons. The van der Waals surface area contributed by atoms with Crippen molar-refractivity contribution in [1.82, 2.24) is 9.97 Å². The van der Waals surface area contributed by atoms with E-state index in [2.05, 4.69) is 15.4 Å². The Hall–Kier alpha value is -1.20. The second-order valence-electron chi connectivity index (χ2n) is 3.53. The lowest BCUT2D eigenvalue weighted by molar-refractivity contribution is -0.00616. The van der Waals surface area contributed by atoms with Crippen LogP contribution in [0, 0.1) is 0 Å². The van der Waals surface area contributed by atoms with E-state index in [1.54, 1.807) is 6.20 Å². The Morgan fingerprint density at radius 1 is 1.57 bits per heavy atom. The number of nitrogens with zero attached hydrogens (tertiary/aromatic N) is 2. The first-order valence-electron chi connectivity index (χ1n) is 4.68. The molecule has 0 bridgehead atoms. The Bertz CT molecular complexity index is 342. The minimum Gasteiger partial charge on any atom is -0.370 e. The molecule has 5 heteroatoms. The maximum atomic E-state index is 5.65. The van der Waals surface area contributed by atoms with Crippen LogP contribution in [-0.2, 0) is 11.2 Å². The molecule has 0 aliphatic carbocycles. The van der Waals surface area contributed by atoms with Crippen LogP contribution in [0.25, 0.3) is 0 Å². The van der Waals surface area contributed by atoms with Crippen LogP contribution in [0.5, 0.6) is 0 Å². The molecular formula is C9H14N4O. The first kappa shape index (κ1) is 9.36. The number of hydrazine groups is 1. The Balaban J connectivity index is 2.39. The normalized spacial score (nSPS) is 25.6. The van der Waals surface area contributed by atoms with Gasteiger partial charge in [-0.25, -0.2) is 15.8 Å². The van der Waals surface area contributed by atoms with Crippen molar-refractivity contribution in [3.05, 3.63) is 17.5 Å². The number of ether oxygens (including phenoxy) is 1. The van der Waals surface area contributed by atoms with Gasteiger partial charge in [0.1, 0.15) is 0 Å². The molecule has 0 saturated carbocycles. The van der Waals surface area contributed by atoms with E-state index in [-0.39, 0.29) is 12.2 Å². The van der Waals surface area contributed by atoms with Gasteiger partial charge in [-0.3, -0.25) is 5.43 Å². The van der Waals surface area contributed by atoms with Crippen molar-refractivity contribution >= 4 is 5.95 Å². The molecule has 5 nitrogen and oxygen atoms in total. The lowest BCUT2D eigenvalue weighted by Crippen LogP contribution is -2.24. The van der Waals surface area contributed by atoms with E-state index in [1.165, 1.54) is 0 Å². The number of aromatic nitrogens is 2. The average Bonchev–Trinajstić information content (AvgIpc) is 2.16. The topological polar surface area (TPSA) is 73.1 Å². The van der Waals surface area contributed by atoms with Crippen LogP contribution < -0.4 is 11.3 Å². The number of fused-ring (bicyclic) bond motifs is 1. The highest BCUT2D eigenvalue weighted by Gasteiger charge is 2.23. The largest absolute Gasteiger partial charge is 0.370 e. The van der Waals surface area contributed by atoms with E-state index in [4.69, 9.17) is 10.6 Å². The second kappa shape index (κ2) is 3.51. The van der Waals surface area contributed by atoms with Gasteiger partial charge in [0.25, 0.3) is 0 Å². The molecule has 2 heterocycles. The number of rotatable bonds is 1. The van der Waals surface area contributed by atoms with Crippen LogP contribution in [0.4, 0.5) is 5.95 Å². The highest BCUT2D eigenvalue weighted by Crippen LogP contribution is 2.28. The van der Waals surface area contributed by atoms with Crippen LogP contribution in [0.15, 0.2) is 6.20 Å². The molecule has 2 atom stereocenters. The average molecular weight is 194 g/mol. The van der Waals surface area contributed by atoms with Gasteiger partial charge in [0.2, 0.25) is 5.95 Å². The lowest BCUT2D eigenvalue weighted by atomic mass is 10.0. The van der Waals surface area contributed by atoms with Crippen LogP contribution in [0.3, 0.4) is 0 Å². The Labute approximate surface area is 82.7 Å². The molecule has 3 N–H and O–H groups in total. The molecule has 2 unspecified atom stereocenters. The molecule has 0 aromatic carbocycles. The zero-order valence-corrected chi connectivity index (χ0v) is 8.32. The van der Waals surface area contributed by atoms with Gasteiger partial charge >= 0.3 is 0 Å². The third kappa shape index (κ3) is 1.56. The standard InChI is InChI=1S/C9H14N4O/c1-5-3-8-7(6(2)14-5)4-11-9(12-8)13-10/h4-6H,3,10H2,1-2H3,(H,11,12,13). The summed E-state index contributed by atoms with van der Waals surface area (Å²) in [5.74, 6) is 5.71. The van der Waals surface area contributed by atoms with Gasteiger partial charge < -0.3 is 4.74 Å². The summed E-state index contributed by atoms with van der Waals surface area (Å²) < 4.78 is 5.65. The SMILES string of the molecule is CC1Cc2nc(NN)ncc2C(C)O1. The molecule has 1 aromatic rings. The first-order valence-corrected chi connectivity index (χ1v) is 4.68. The fourth-order valence-electron chi connectivity index (χ4n) is 1.74. The minimum absolute atomic E-state index is 0.0700. The first-order chi connectivity index (χ1) is 6.70. The van der Waals surface area contributed by atoms with Gasteiger partial charge in [-0.1, -0.05) is 0 Å². The summed E-state index contributed by atoms with van der Waals surface area (Å²) in [4.78, 5) is 8.36. The number of anilines is 1. The summed E-state index contributed by atoms with van der Waals surface area (Å²) in [7, 11) is 0. The summed E-state index contributed by atoms with van der Waals surface area (Å²) in [6, 6.07) is 0. The molecule has 1 aliphatic heterocycles. The van der Waals surface area contributed by atoms with Gasteiger partial charge in [-0.2, -0.15) is 0 Å². The molecule has 0 saturated heterocycles. The van der Waals surface area contributed by atoms with Gasteiger partial charge in [0, 0.05) is 18.2 Å². The number of nitrogen functional groups attached to an aromatic ring is 1. The van der Waals surface area contributed by atoms with E-state index < -0.39 is 0 Å². The highest BCUT2D eigenvalue weighted by molar-refractivity contribution is 5.30. The molecule has 14 heavy (non-hydrogen) atoms. The molecular weight excluding hydrogens is 180 g/mol. The Morgan fingerprint density at radius 3 is 3.07 bits per heavy atom. The summed E-state index contributed by atoms with van der Waals surface area (Å²) in [6.07, 6.45) is 2.86. The summed E-state index contributed by atoms with van der Waals surface area (Å²) >= 11 is 0. The van der Waals surface area contributed by atoms with Crippen molar-refractivity contribution in [2.24, 2.45) is 5.84 Å². The molecule has 0 radical (unpaired) electrons. The zero-order chi connectivity index (χ0) is 10.1. The number of nitrogens with two attached hydrogens (primary N) is 1. The van der Waals surface area contributed by atoms with Gasteiger partial charge in [0.15, 0.2) is 0 Å². The smallest absolute Gasteiger partial charge is 0.237 e. The van der Waals surface area contributed by atoms with E-state index in [9.17, 15) is 0 Å². The van der Waals surface area contributed by atoms with Crippen LogP contribution >= 0.6 is 0 Å². The summed E-state index contributed by atoms with van der Waals surface area (Å²) in [6.45, 7) is 4.05. The molecule has 1 aromatic heterocycles. The van der Waals surface area contributed by atoms with Crippen molar-refractivity contribution in [3.63, 3.8) is 0 Å². The van der Waals surface area contributed by atoms with Gasteiger partial charge in [0.05, 0.1) is 17.9 Å². The van der Waals surface area contributed by atoms with Crippen molar-refractivity contribution in [2.45, 2.75) is 32.5 Å². The van der Waals surface area contributed by atoms with E-state index in [1.807, 2.05) is 13.8 Å². The lowest BCUT2D eigenvalue weighted by Gasteiger charge is -2.26. The quantitative estimate of drug-likeness (QED) is 0.510. The van der Waals surface area contributed by atoms with E-state index in [0.717, 1.165) is 17.7 Å². The highest BCUT2D eigenvalue weighted by atomic mass is 16.5. The summed E-state index contributed by atoms with van der Waals surface area (Å²) in [5.41, 5.74) is 4.53. The third-order valence-corrected chi connectivity index (χ3v) is 2.38. The molecule has 2 rings (SSSR count). The maximum absolute atomic E-state index is 5.65. The number of nitrogens with one attached hydrogen (secondary N) is 1. The maximum Gasteiger partial charge on any atom is 0.237 e. The van der Waals surface area contributed by atoms with Crippen molar-refractivity contribution in [3.8, 4) is 0 Å². The Morgan fingerprint density at radius 2 is 2.36 bits per heavy atom. The molecule has 0 fully saturated rings. The fourth-order valence-corrected chi connectivity index (χ4v) is 1.74. The van der Waals surface area contributed by atoms with Crippen LogP contribution in [-0.4, -0.2) is 16.1 Å². The zero-order valence-electron chi connectivity index (χ0n) is 8.32. The Kier molecular flexibility index (Phi) is 2.35. The molecule has 1 aliphatic rings. The van der Waals surface area contributed by atoms with Crippen molar-refractivity contribution in [1.29, 1.82) is 0 Å². The number of hydrogen-bond acceptors (Lipinski definition) is 5. The van der Waals surface area contributed by atoms with E-state index in [0.29, 0.717) is 5.95 Å². The predicted octanol–water partition coefficient (Wildman–Crippen LogP) is 0.784. The van der Waals surface area contributed by atoms with Gasteiger partial charge in [-0.15, -0.1) is 0 Å². The monoisotopic (exact) mass is 194 g/mol.